The van der Waals surface area contributed by atoms with E-state index in [2.05, 4.69) is 12.1 Å². The van der Waals surface area contributed by atoms with Gasteiger partial charge in [-0.05, 0) is 18.8 Å². The molecule has 106 valence electrons. The molecule has 0 aliphatic carbocycles. The van der Waals surface area contributed by atoms with Crippen LogP contribution in [0, 0.1) is 5.92 Å². The first-order valence-corrected chi connectivity index (χ1v) is 7.45. The van der Waals surface area contributed by atoms with E-state index in [1.807, 2.05) is 0 Å². The van der Waals surface area contributed by atoms with E-state index in [1.54, 1.807) is 0 Å². The second kappa shape index (κ2) is 6.35. The molecule has 18 heavy (non-hydrogen) atoms. The van der Waals surface area contributed by atoms with Crippen molar-refractivity contribution in [3.05, 3.63) is 0 Å². The average molecular weight is 278 g/mol. The summed E-state index contributed by atoms with van der Waals surface area (Å²) in [5, 5.41) is 11.2. The van der Waals surface area contributed by atoms with Gasteiger partial charge in [0.05, 0.1) is 0 Å². The highest BCUT2D eigenvalue weighted by molar-refractivity contribution is 7.86. The van der Waals surface area contributed by atoms with E-state index in [4.69, 9.17) is 10.9 Å². The molecule has 1 fully saturated rings. The quantitative estimate of drug-likeness (QED) is 0.321. The topological polar surface area (TPSA) is 99.2 Å². The van der Waals surface area contributed by atoms with Gasteiger partial charge in [0.25, 0.3) is 10.2 Å². The summed E-state index contributed by atoms with van der Waals surface area (Å²) in [6, 6.07) is 0. The lowest BCUT2D eigenvalue weighted by atomic mass is 10.0. The molecule has 1 aliphatic heterocycles. The summed E-state index contributed by atoms with van der Waals surface area (Å²) < 4.78 is 27.2. The van der Waals surface area contributed by atoms with Gasteiger partial charge in [0.2, 0.25) is 0 Å². The maximum absolute atomic E-state index is 12.2. The van der Waals surface area contributed by atoms with Crippen molar-refractivity contribution in [1.82, 2.24) is 8.61 Å². The largest absolute Gasteiger partial charge is 0.409 e. The summed E-state index contributed by atoms with van der Waals surface area (Å²) in [7, 11) is -1.90. The van der Waals surface area contributed by atoms with E-state index in [0.29, 0.717) is 19.0 Å². The minimum Gasteiger partial charge on any atom is -0.409 e. The molecule has 0 spiro atoms. The summed E-state index contributed by atoms with van der Waals surface area (Å²) in [6.07, 6.45) is 2.01. The molecule has 7 nitrogen and oxygen atoms in total. The zero-order chi connectivity index (χ0) is 13.8. The molecule has 1 rings (SSSR count). The van der Waals surface area contributed by atoms with E-state index in [-0.39, 0.29) is 18.8 Å². The number of nitrogens with zero attached hydrogens (tertiary/aromatic N) is 3. The van der Waals surface area contributed by atoms with Crippen molar-refractivity contribution in [2.45, 2.75) is 26.2 Å². The molecule has 0 unspecified atom stereocenters. The molecule has 0 aromatic carbocycles. The van der Waals surface area contributed by atoms with E-state index in [9.17, 15) is 8.42 Å². The summed E-state index contributed by atoms with van der Waals surface area (Å²) in [5.41, 5.74) is 5.33. The van der Waals surface area contributed by atoms with E-state index in [0.717, 1.165) is 12.8 Å². The highest BCUT2D eigenvalue weighted by Crippen LogP contribution is 2.20. The van der Waals surface area contributed by atoms with E-state index in [1.165, 1.54) is 15.7 Å². The van der Waals surface area contributed by atoms with Crippen molar-refractivity contribution in [2.75, 3.05) is 26.7 Å². The minimum absolute atomic E-state index is 0.0318. The number of nitrogens with two attached hydrogens (primary N) is 1. The predicted octanol–water partition coefficient (Wildman–Crippen LogP) is 0.0314. The van der Waals surface area contributed by atoms with Gasteiger partial charge in [-0.1, -0.05) is 12.1 Å². The minimum atomic E-state index is -3.41. The number of amidine groups is 1. The first-order chi connectivity index (χ1) is 8.37. The Morgan fingerprint density at radius 3 is 2.56 bits per heavy atom. The summed E-state index contributed by atoms with van der Waals surface area (Å²) in [6.45, 7) is 3.48. The van der Waals surface area contributed by atoms with E-state index < -0.39 is 10.2 Å². The molecule has 0 atom stereocenters. The Balaban J connectivity index is 2.57. The molecule has 0 aromatic rings. The zero-order valence-corrected chi connectivity index (χ0v) is 11.7. The fourth-order valence-corrected chi connectivity index (χ4v) is 3.24. The molecule has 8 heteroatoms. The van der Waals surface area contributed by atoms with Crippen LogP contribution in [0.4, 0.5) is 0 Å². The molecule has 0 aromatic heterocycles. The van der Waals surface area contributed by atoms with Crippen molar-refractivity contribution < 1.29 is 13.6 Å². The van der Waals surface area contributed by atoms with E-state index >= 15 is 0 Å². The summed E-state index contributed by atoms with van der Waals surface area (Å²) in [4.78, 5) is 0. The van der Waals surface area contributed by atoms with Gasteiger partial charge < -0.3 is 10.9 Å². The van der Waals surface area contributed by atoms with Crippen molar-refractivity contribution in [3.8, 4) is 0 Å². The molecule has 0 bridgehead atoms. The van der Waals surface area contributed by atoms with Crippen molar-refractivity contribution in [2.24, 2.45) is 16.8 Å². The van der Waals surface area contributed by atoms with Crippen molar-refractivity contribution >= 4 is 16.0 Å². The van der Waals surface area contributed by atoms with Crippen LogP contribution < -0.4 is 5.73 Å². The third-order valence-corrected chi connectivity index (χ3v) is 5.26. The maximum Gasteiger partial charge on any atom is 0.281 e. The fourth-order valence-electron chi connectivity index (χ4n) is 1.85. The predicted molar refractivity (Wildman–Crippen MR) is 69.5 cm³/mol. The van der Waals surface area contributed by atoms with Crippen molar-refractivity contribution in [1.29, 1.82) is 0 Å². The molecule has 0 radical (unpaired) electrons. The normalized spacial score (nSPS) is 20.5. The highest BCUT2D eigenvalue weighted by Gasteiger charge is 2.29. The van der Waals surface area contributed by atoms with Gasteiger partial charge in [0, 0.05) is 33.1 Å². The summed E-state index contributed by atoms with van der Waals surface area (Å²) in [5.74, 6) is 0.614. The summed E-state index contributed by atoms with van der Waals surface area (Å²) >= 11 is 0. The SMILES string of the molecule is CC1CCN(S(=O)(=O)N(C)CC/C(N)=N/O)CC1. The zero-order valence-electron chi connectivity index (χ0n) is 10.9. The smallest absolute Gasteiger partial charge is 0.281 e. The molecule has 0 saturated carbocycles. The third kappa shape index (κ3) is 3.82. The van der Waals surface area contributed by atoms with Crippen LogP contribution in [0.25, 0.3) is 0 Å². The van der Waals surface area contributed by atoms with Crippen LogP contribution in [0.1, 0.15) is 26.2 Å². The molecule has 1 saturated heterocycles. The van der Waals surface area contributed by atoms with Gasteiger partial charge in [0.15, 0.2) is 0 Å². The number of hydrogen-bond acceptors (Lipinski definition) is 4. The molecule has 1 heterocycles. The van der Waals surface area contributed by atoms with Crippen LogP contribution in [-0.4, -0.2) is 54.8 Å². The first-order valence-electron chi connectivity index (χ1n) is 6.05. The molecule has 0 amide bonds. The Bertz CT molecular complexity index is 388. The lowest BCUT2D eigenvalue weighted by Gasteiger charge is -2.32. The van der Waals surface area contributed by atoms with Gasteiger partial charge in [0.1, 0.15) is 5.84 Å². The number of rotatable bonds is 5. The molecule has 1 aliphatic rings. The molecule has 3 N–H and O–H groups in total. The Morgan fingerprint density at radius 2 is 2.06 bits per heavy atom. The Morgan fingerprint density at radius 1 is 1.50 bits per heavy atom. The Hall–Kier alpha value is -0.860. The Labute approximate surface area is 108 Å². The highest BCUT2D eigenvalue weighted by atomic mass is 32.2. The first kappa shape index (κ1) is 15.2. The average Bonchev–Trinajstić information content (AvgIpc) is 2.35. The maximum atomic E-state index is 12.2. The lowest BCUT2D eigenvalue weighted by Crippen LogP contribution is -2.46. The monoisotopic (exact) mass is 278 g/mol. The van der Waals surface area contributed by atoms with Crippen LogP contribution >= 0.6 is 0 Å². The second-order valence-electron chi connectivity index (χ2n) is 4.75. The molecular weight excluding hydrogens is 256 g/mol. The molecular formula is C10H22N4O3S. The van der Waals surface area contributed by atoms with Gasteiger partial charge in [-0.3, -0.25) is 0 Å². The van der Waals surface area contributed by atoms with Gasteiger partial charge in [-0.25, -0.2) is 0 Å². The number of oxime groups is 1. The van der Waals surface area contributed by atoms with Gasteiger partial charge in [-0.15, -0.1) is 0 Å². The van der Waals surface area contributed by atoms with Crippen LogP contribution in [0.2, 0.25) is 0 Å². The standard InChI is InChI=1S/C10H22N4O3S/c1-9-3-7-14(8-4-9)18(16,17)13(2)6-5-10(11)12-15/h9,15H,3-8H2,1-2H3,(H2,11,12). The van der Waals surface area contributed by atoms with Crippen LogP contribution in [0.3, 0.4) is 0 Å². The van der Waals surface area contributed by atoms with Crippen LogP contribution in [0.15, 0.2) is 5.16 Å². The van der Waals surface area contributed by atoms with Crippen LogP contribution in [0.5, 0.6) is 0 Å². The van der Waals surface area contributed by atoms with Gasteiger partial charge >= 0.3 is 0 Å². The van der Waals surface area contributed by atoms with Gasteiger partial charge in [-0.2, -0.15) is 17.0 Å². The fraction of sp³-hybridized carbons (Fsp3) is 0.900. The van der Waals surface area contributed by atoms with Crippen molar-refractivity contribution in [3.63, 3.8) is 0 Å². The number of hydrogen-bond donors (Lipinski definition) is 2. The Kier molecular flexibility index (Phi) is 5.36. The number of piperidine rings is 1. The lowest BCUT2D eigenvalue weighted by molar-refractivity contribution is 0.271. The third-order valence-electron chi connectivity index (χ3n) is 3.27. The second-order valence-corrected chi connectivity index (χ2v) is 6.79. The van der Waals surface area contributed by atoms with Crippen LogP contribution in [-0.2, 0) is 10.2 Å².